The van der Waals surface area contributed by atoms with E-state index in [1.807, 2.05) is 30.3 Å². The number of aryl methyl sites for hydroxylation is 1. The van der Waals surface area contributed by atoms with Crippen molar-refractivity contribution in [2.75, 3.05) is 0 Å². The maximum Gasteiger partial charge on any atom is 0.356 e. The predicted octanol–water partition coefficient (Wildman–Crippen LogP) is 6.91. The molecule has 2 rings (SSSR count). The topological polar surface area (TPSA) is 9.23 Å². The molecule has 1 fully saturated rings. The van der Waals surface area contributed by atoms with Gasteiger partial charge in [0.05, 0.1) is 6.61 Å². The third kappa shape index (κ3) is 7.27. The van der Waals surface area contributed by atoms with E-state index in [9.17, 15) is 8.78 Å². The highest BCUT2D eigenvalue weighted by atomic mass is 19.3. The summed E-state index contributed by atoms with van der Waals surface area (Å²) >= 11 is 0. The van der Waals surface area contributed by atoms with E-state index in [-0.39, 0.29) is 18.9 Å². The van der Waals surface area contributed by atoms with E-state index in [4.69, 9.17) is 4.74 Å². The molecule has 0 amide bonds. The Morgan fingerprint density at radius 1 is 1.08 bits per heavy atom. The summed E-state index contributed by atoms with van der Waals surface area (Å²) in [6.07, 6.45) is 7.07. The molecule has 0 heterocycles. The molecule has 0 bridgehead atoms. The van der Waals surface area contributed by atoms with Crippen molar-refractivity contribution in [3.8, 4) is 0 Å². The molecule has 3 heteroatoms. The number of halogens is 2. The van der Waals surface area contributed by atoms with Crippen molar-refractivity contribution in [1.82, 2.24) is 0 Å². The van der Waals surface area contributed by atoms with E-state index < -0.39 is 6.11 Å². The van der Waals surface area contributed by atoms with Crippen LogP contribution in [0.1, 0.15) is 69.4 Å². The first-order valence-corrected chi connectivity index (χ1v) is 9.74. The lowest BCUT2D eigenvalue weighted by molar-refractivity contribution is -0.256. The van der Waals surface area contributed by atoms with Gasteiger partial charge in [-0.1, -0.05) is 50.1 Å². The van der Waals surface area contributed by atoms with E-state index in [1.165, 1.54) is 24.8 Å². The number of ether oxygens (including phenoxy) is 1. The summed E-state index contributed by atoms with van der Waals surface area (Å²) in [5, 5.41) is 0. The minimum absolute atomic E-state index is 0.0236. The summed E-state index contributed by atoms with van der Waals surface area (Å²) < 4.78 is 33.2. The summed E-state index contributed by atoms with van der Waals surface area (Å²) in [6, 6.07) is 7.88. The van der Waals surface area contributed by atoms with Crippen LogP contribution < -0.4 is 0 Å². The maximum absolute atomic E-state index is 14.1. The summed E-state index contributed by atoms with van der Waals surface area (Å²) in [6.45, 7) is 5.96. The number of rotatable bonds is 10. The first-order valence-electron chi connectivity index (χ1n) is 9.74. The normalized spacial score (nSPS) is 21.2. The molecule has 0 unspecified atom stereocenters. The molecule has 25 heavy (non-hydrogen) atoms. The van der Waals surface area contributed by atoms with Crippen LogP contribution in [0.3, 0.4) is 0 Å². The van der Waals surface area contributed by atoms with Crippen LogP contribution in [-0.4, -0.2) is 6.11 Å². The fourth-order valence-corrected chi connectivity index (χ4v) is 3.59. The van der Waals surface area contributed by atoms with Gasteiger partial charge in [0, 0.05) is 6.42 Å². The van der Waals surface area contributed by atoms with Crippen molar-refractivity contribution in [3.05, 3.63) is 48.0 Å². The quantitative estimate of drug-likeness (QED) is 0.329. The molecule has 1 aromatic carbocycles. The number of allylic oxidation sites excluding steroid dienone is 1. The monoisotopic (exact) mass is 350 g/mol. The molecule has 1 nitrogen and oxygen atoms in total. The van der Waals surface area contributed by atoms with Gasteiger partial charge in [-0.05, 0) is 61.5 Å². The average Bonchev–Trinajstić information content (AvgIpc) is 2.62. The van der Waals surface area contributed by atoms with Crippen molar-refractivity contribution >= 4 is 0 Å². The molecule has 1 aliphatic rings. The van der Waals surface area contributed by atoms with Gasteiger partial charge >= 0.3 is 6.11 Å². The van der Waals surface area contributed by atoms with Gasteiger partial charge in [-0.3, -0.25) is 0 Å². The molecule has 0 aromatic heterocycles. The molecule has 0 spiro atoms. The SMILES string of the molecule is C=CC1CCC(CC(F)(F)OCc2ccc(CCCCC)cc2)CC1. The zero-order valence-electron chi connectivity index (χ0n) is 15.5. The van der Waals surface area contributed by atoms with Crippen LogP contribution >= 0.6 is 0 Å². The van der Waals surface area contributed by atoms with Crippen molar-refractivity contribution in [2.45, 2.75) is 77.4 Å². The Morgan fingerprint density at radius 2 is 1.72 bits per heavy atom. The van der Waals surface area contributed by atoms with Crippen LogP contribution in [0.4, 0.5) is 8.78 Å². The maximum atomic E-state index is 14.1. The first-order chi connectivity index (χ1) is 12.0. The first kappa shape index (κ1) is 20.1. The molecular weight excluding hydrogens is 318 g/mol. The highest BCUT2D eigenvalue weighted by Crippen LogP contribution is 2.36. The number of hydrogen-bond acceptors (Lipinski definition) is 1. The summed E-state index contributed by atoms with van der Waals surface area (Å²) in [5.41, 5.74) is 2.08. The Balaban J connectivity index is 1.74. The Morgan fingerprint density at radius 3 is 2.32 bits per heavy atom. The number of hydrogen-bond donors (Lipinski definition) is 0. The van der Waals surface area contributed by atoms with Gasteiger partial charge < -0.3 is 4.74 Å². The standard InChI is InChI=1S/C22H32F2O/c1-3-5-6-7-19-10-14-21(15-11-19)17-25-22(23,24)16-20-12-8-18(4-2)9-13-20/h4,10-11,14-15,18,20H,2-3,5-9,12-13,16-17H2,1H3. The van der Waals surface area contributed by atoms with Crippen molar-refractivity contribution in [3.63, 3.8) is 0 Å². The van der Waals surface area contributed by atoms with Crippen LogP contribution in [0, 0.1) is 11.8 Å². The van der Waals surface area contributed by atoms with Gasteiger partial charge in [0.1, 0.15) is 0 Å². The lowest BCUT2D eigenvalue weighted by Gasteiger charge is -2.29. The van der Waals surface area contributed by atoms with E-state index in [1.54, 1.807) is 0 Å². The van der Waals surface area contributed by atoms with Crippen LogP contribution in [-0.2, 0) is 17.8 Å². The largest absolute Gasteiger partial charge is 0.356 e. The Kier molecular flexibility index (Phi) is 8.08. The zero-order valence-corrected chi connectivity index (χ0v) is 15.5. The van der Waals surface area contributed by atoms with Crippen molar-refractivity contribution in [2.24, 2.45) is 11.8 Å². The highest BCUT2D eigenvalue weighted by Gasteiger charge is 2.35. The second-order valence-electron chi connectivity index (χ2n) is 7.42. The minimum atomic E-state index is -3.04. The van der Waals surface area contributed by atoms with Gasteiger partial charge in [0.2, 0.25) is 0 Å². The third-order valence-corrected chi connectivity index (χ3v) is 5.29. The lowest BCUT2D eigenvalue weighted by atomic mass is 9.80. The molecule has 0 N–H and O–H groups in total. The van der Waals surface area contributed by atoms with Crippen LogP contribution in [0.2, 0.25) is 0 Å². The lowest BCUT2D eigenvalue weighted by Crippen LogP contribution is -2.26. The van der Waals surface area contributed by atoms with Gasteiger partial charge in [-0.25, -0.2) is 0 Å². The Bertz CT molecular complexity index is 501. The fourth-order valence-electron chi connectivity index (χ4n) is 3.59. The fraction of sp³-hybridized carbons (Fsp3) is 0.636. The second-order valence-corrected chi connectivity index (χ2v) is 7.42. The van der Waals surface area contributed by atoms with E-state index in [0.717, 1.165) is 37.7 Å². The molecule has 0 atom stereocenters. The molecule has 0 aliphatic heterocycles. The van der Waals surface area contributed by atoms with Gasteiger partial charge in [0.15, 0.2) is 0 Å². The van der Waals surface area contributed by atoms with Crippen molar-refractivity contribution < 1.29 is 13.5 Å². The van der Waals surface area contributed by atoms with E-state index in [2.05, 4.69) is 13.5 Å². The number of benzene rings is 1. The minimum Gasteiger partial charge on any atom is -0.316 e. The zero-order chi connectivity index (χ0) is 18.1. The van der Waals surface area contributed by atoms with Crippen LogP contribution in [0.15, 0.2) is 36.9 Å². The van der Waals surface area contributed by atoms with Gasteiger partial charge in [-0.15, -0.1) is 6.58 Å². The van der Waals surface area contributed by atoms with Crippen molar-refractivity contribution in [1.29, 1.82) is 0 Å². The molecule has 0 radical (unpaired) electrons. The molecule has 1 aromatic rings. The Hall–Kier alpha value is -1.22. The molecule has 0 saturated heterocycles. The Labute approximate surface area is 151 Å². The molecular formula is C22H32F2O. The van der Waals surface area contributed by atoms with Gasteiger partial charge in [0.25, 0.3) is 0 Å². The number of alkyl halides is 2. The average molecular weight is 350 g/mol. The van der Waals surface area contributed by atoms with Crippen LogP contribution in [0.25, 0.3) is 0 Å². The summed E-state index contributed by atoms with van der Waals surface area (Å²) in [4.78, 5) is 0. The summed E-state index contributed by atoms with van der Waals surface area (Å²) in [5.74, 6) is 0.564. The molecule has 1 aliphatic carbocycles. The molecule has 140 valence electrons. The smallest absolute Gasteiger partial charge is 0.316 e. The van der Waals surface area contributed by atoms with E-state index in [0.29, 0.717) is 5.92 Å². The predicted molar refractivity (Wildman–Crippen MR) is 99.7 cm³/mol. The van der Waals surface area contributed by atoms with E-state index >= 15 is 0 Å². The summed E-state index contributed by atoms with van der Waals surface area (Å²) in [7, 11) is 0. The second kappa shape index (κ2) is 10.1. The van der Waals surface area contributed by atoms with Gasteiger partial charge in [-0.2, -0.15) is 8.78 Å². The number of unbranched alkanes of at least 4 members (excludes halogenated alkanes) is 2. The highest BCUT2D eigenvalue weighted by molar-refractivity contribution is 5.22. The third-order valence-electron chi connectivity index (χ3n) is 5.29. The van der Waals surface area contributed by atoms with Crippen LogP contribution in [0.5, 0.6) is 0 Å². The molecule has 1 saturated carbocycles.